The average molecular weight is 434 g/mol. The van der Waals surface area contributed by atoms with Gasteiger partial charge in [-0.15, -0.1) is 0 Å². The first-order chi connectivity index (χ1) is 13.9. The van der Waals surface area contributed by atoms with E-state index in [0.717, 1.165) is 24.0 Å². The zero-order valence-corrected chi connectivity index (χ0v) is 17.8. The molecule has 2 heterocycles. The second-order valence-corrected chi connectivity index (χ2v) is 9.35. The summed E-state index contributed by atoms with van der Waals surface area (Å²) in [7, 11) is -3.94. The van der Waals surface area contributed by atoms with E-state index < -0.39 is 16.1 Å². The zero-order chi connectivity index (χ0) is 20.9. The Labute approximate surface area is 176 Å². The number of benzene rings is 1. The molecule has 1 saturated heterocycles. The number of rotatable bonds is 6. The Morgan fingerprint density at radius 1 is 1.24 bits per heavy atom. The molecule has 1 fully saturated rings. The van der Waals surface area contributed by atoms with Crippen LogP contribution in [0.1, 0.15) is 31.7 Å². The fraction of sp³-hybridized carbons (Fsp3) is 0.333. The molecule has 29 heavy (non-hydrogen) atoms. The summed E-state index contributed by atoms with van der Waals surface area (Å²) >= 11 is 5.82. The minimum absolute atomic E-state index is 0.0199. The quantitative estimate of drug-likeness (QED) is 0.707. The third kappa shape index (κ3) is 5.44. The van der Waals surface area contributed by atoms with Crippen LogP contribution in [0.2, 0.25) is 5.15 Å². The summed E-state index contributed by atoms with van der Waals surface area (Å²) in [6.07, 6.45) is 5.24. The van der Waals surface area contributed by atoms with Gasteiger partial charge in [0.2, 0.25) is 15.9 Å². The van der Waals surface area contributed by atoms with Crippen LogP contribution in [0.3, 0.4) is 0 Å². The monoisotopic (exact) mass is 433 g/mol. The summed E-state index contributed by atoms with van der Waals surface area (Å²) in [6.45, 7) is 2.53. The van der Waals surface area contributed by atoms with Gasteiger partial charge in [0.25, 0.3) is 0 Å². The molecular weight excluding hydrogens is 410 g/mol. The number of sulfonamides is 1. The maximum Gasteiger partial charge on any atom is 0.245 e. The molecule has 3 rings (SSSR count). The molecule has 154 valence electrons. The van der Waals surface area contributed by atoms with Crippen molar-refractivity contribution >= 4 is 33.6 Å². The van der Waals surface area contributed by atoms with Crippen LogP contribution >= 0.6 is 11.6 Å². The minimum Gasteiger partial charge on any atom is -0.355 e. The summed E-state index contributed by atoms with van der Waals surface area (Å²) in [5.41, 5.74) is 1.81. The van der Waals surface area contributed by atoms with Crippen molar-refractivity contribution in [3.05, 3.63) is 65.0 Å². The van der Waals surface area contributed by atoms with Gasteiger partial charge in [-0.2, -0.15) is 4.31 Å². The van der Waals surface area contributed by atoms with Crippen LogP contribution in [0.15, 0.2) is 59.1 Å². The Hall–Kier alpha value is -2.22. The van der Waals surface area contributed by atoms with Gasteiger partial charge >= 0.3 is 0 Å². The van der Waals surface area contributed by atoms with E-state index in [4.69, 9.17) is 11.6 Å². The van der Waals surface area contributed by atoms with Gasteiger partial charge in [-0.25, -0.2) is 13.4 Å². The average Bonchev–Trinajstić information content (AvgIpc) is 2.91. The molecule has 1 N–H and O–H groups in total. The summed E-state index contributed by atoms with van der Waals surface area (Å²) in [4.78, 5) is 16.6. The largest absolute Gasteiger partial charge is 0.355 e. The van der Waals surface area contributed by atoms with Crippen molar-refractivity contribution in [3.8, 4) is 0 Å². The second-order valence-electron chi connectivity index (χ2n) is 7.07. The molecule has 0 aliphatic carbocycles. The predicted molar refractivity (Wildman–Crippen MR) is 114 cm³/mol. The Balaban J connectivity index is 1.98. The Morgan fingerprint density at radius 3 is 2.69 bits per heavy atom. The van der Waals surface area contributed by atoms with Gasteiger partial charge in [0.05, 0.1) is 0 Å². The van der Waals surface area contributed by atoms with Gasteiger partial charge < -0.3 is 5.32 Å². The summed E-state index contributed by atoms with van der Waals surface area (Å²) in [5, 5.41) is 3.04. The maximum absolute atomic E-state index is 13.4. The number of halogens is 1. The summed E-state index contributed by atoms with van der Waals surface area (Å²) in [6, 6.07) is 11.8. The number of amides is 1. The zero-order valence-electron chi connectivity index (χ0n) is 16.2. The lowest BCUT2D eigenvalue weighted by molar-refractivity contribution is -0.124. The van der Waals surface area contributed by atoms with Gasteiger partial charge in [0.1, 0.15) is 16.1 Å². The Bertz CT molecular complexity index is 976. The number of nitrogens with zero attached hydrogens (tertiary/aromatic N) is 2. The Kier molecular flexibility index (Phi) is 7.05. The third-order valence-corrected chi connectivity index (χ3v) is 6.84. The minimum atomic E-state index is -3.94. The van der Waals surface area contributed by atoms with E-state index in [1.54, 1.807) is 0 Å². The lowest BCUT2D eigenvalue weighted by Crippen LogP contribution is -2.49. The van der Waals surface area contributed by atoms with Crippen LogP contribution in [0.4, 0.5) is 0 Å². The smallest absolute Gasteiger partial charge is 0.245 e. The molecule has 0 saturated carbocycles. The number of aromatic nitrogens is 1. The number of pyridine rings is 1. The lowest BCUT2D eigenvalue weighted by Gasteiger charge is -2.29. The van der Waals surface area contributed by atoms with Crippen LogP contribution < -0.4 is 5.32 Å². The Morgan fingerprint density at radius 2 is 2.00 bits per heavy atom. The molecule has 1 amide bonds. The van der Waals surface area contributed by atoms with Crippen molar-refractivity contribution in [1.82, 2.24) is 14.6 Å². The molecule has 1 aromatic carbocycles. The molecule has 1 aliphatic rings. The first kappa shape index (κ1) is 21.5. The van der Waals surface area contributed by atoms with Crippen molar-refractivity contribution < 1.29 is 13.2 Å². The molecule has 0 spiro atoms. The molecular formula is C21H24ClN3O3S. The van der Waals surface area contributed by atoms with Gasteiger partial charge in [-0.3, -0.25) is 4.79 Å². The maximum atomic E-state index is 13.4. The highest BCUT2D eigenvalue weighted by molar-refractivity contribution is 7.89. The van der Waals surface area contributed by atoms with Crippen molar-refractivity contribution in [2.75, 3.05) is 13.1 Å². The second kappa shape index (κ2) is 9.52. The molecule has 0 unspecified atom stereocenters. The molecule has 1 aromatic heterocycles. The van der Waals surface area contributed by atoms with Crippen molar-refractivity contribution in [2.24, 2.45) is 0 Å². The van der Waals surface area contributed by atoms with Crippen molar-refractivity contribution in [2.45, 2.75) is 37.1 Å². The van der Waals surface area contributed by atoms with Crippen LogP contribution in [0, 0.1) is 0 Å². The number of hydrogen-bond acceptors (Lipinski definition) is 4. The molecule has 2 aromatic rings. The van der Waals surface area contributed by atoms with Crippen LogP contribution in [0.5, 0.6) is 0 Å². The SMILES string of the molecule is CC(=Cc1ccccc1)CN([C@@H]1CCCCNC1=O)S(=O)(=O)c1ccc(Cl)nc1. The van der Waals surface area contributed by atoms with Crippen LogP contribution in [0.25, 0.3) is 6.08 Å². The summed E-state index contributed by atoms with van der Waals surface area (Å²) < 4.78 is 28.1. The molecule has 1 aliphatic heterocycles. The fourth-order valence-electron chi connectivity index (χ4n) is 3.34. The van der Waals surface area contributed by atoms with Crippen LogP contribution in [-0.4, -0.2) is 42.7 Å². The van der Waals surface area contributed by atoms with E-state index in [0.29, 0.717) is 13.0 Å². The van der Waals surface area contributed by atoms with Crippen molar-refractivity contribution in [3.63, 3.8) is 0 Å². The van der Waals surface area contributed by atoms with Gasteiger partial charge in [-0.1, -0.05) is 53.6 Å². The topological polar surface area (TPSA) is 79.4 Å². The molecule has 0 radical (unpaired) electrons. The van der Waals surface area contributed by atoms with Gasteiger partial charge in [-0.05, 0) is 43.9 Å². The number of carbonyl (C=O) groups excluding carboxylic acids is 1. The molecule has 8 heteroatoms. The number of carbonyl (C=O) groups is 1. The third-order valence-electron chi connectivity index (χ3n) is 4.78. The first-order valence-electron chi connectivity index (χ1n) is 9.51. The van der Waals surface area contributed by atoms with Gasteiger partial charge in [0.15, 0.2) is 0 Å². The standard InChI is InChI=1S/C21H24ClN3O3S/c1-16(13-17-7-3-2-4-8-17)15-25(19-9-5-6-12-23-21(19)26)29(27,28)18-10-11-20(22)24-14-18/h2-4,7-8,10-11,13-14,19H,5-6,9,12,15H2,1H3,(H,23,26)/t19-/m1/s1. The first-order valence-corrected chi connectivity index (χ1v) is 11.3. The predicted octanol–water partition coefficient (Wildman–Crippen LogP) is 3.50. The van der Waals surface area contributed by atoms with E-state index in [2.05, 4.69) is 10.3 Å². The van der Waals surface area contributed by atoms with Crippen LogP contribution in [-0.2, 0) is 14.8 Å². The van der Waals surface area contributed by atoms with Gasteiger partial charge in [0, 0.05) is 19.3 Å². The molecule has 1 atom stereocenters. The lowest BCUT2D eigenvalue weighted by atomic mass is 10.1. The van der Waals surface area contributed by atoms with E-state index in [1.807, 2.05) is 43.3 Å². The highest BCUT2D eigenvalue weighted by Gasteiger charge is 2.36. The van der Waals surface area contributed by atoms with E-state index >= 15 is 0 Å². The molecule has 6 nitrogen and oxygen atoms in total. The van der Waals surface area contributed by atoms with E-state index in [9.17, 15) is 13.2 Å². The summed E-state index contributed by atoms with van der Waals surface area (Å²) in [5.74, 6) is -0.263. The van der Waals surface area contributed by atoms with E-state index in [1.165, 1.54) is 22.6 Å². The van der Waals surface area contributed by atoms with E-state index in [-0.39, 0.29) is 22.5 Å². The highest BCUT2D eigenvalue weighted by atomic mass is 35.5. The fourth-order valence-corrected chi connectivity index (χ4v) is 5.05. The number of hydrogen-bond donors (Lipinski definition) is 1. The number of nitrogens with one attached hydrogen (secondary N) is 1. The normalized spacial score (nSPS) is 18.4. The molecule has 0 bridgehead atoms. The van der Waals surface area contributed by atoms with Crippen molar-refractivity contribution in [1.29, 1.82) is 0 Å². The highest BCUT2D eigenvalue weighted by Crippen LogP contribution is 2.24.